The second-order valence-electron chi connectivity index (χ2n) is 3.35. The molecule has 1 aliphatic rings. The van der Waals surface area contributed by atoms with E-state index in [1.165, 1.54) is 4.31 Å². The minimum absolute atomic E-state index is 0.267. The van der Waals surface area contributed by atoms with Gasteiger partial charge in [0.2, 0.25) is 0 Å². The van der Waals surface area contributed by atoms with Crippen molar-refractivity contribution in [3.05, 3.63) is 0 Å². The van der Waals surface area contributed by atoms with Crippen molar-refractivity contribution in [2.45, 2.75) is 32.2 Å². The van der Waals surface area contributed by atoms with Crippen molar-refractivity contribution in [2.24, 2.45) is 0 Å². The highest BCUT2D eigenvalue weighted by Gasteiger charge is 2.40. The Hall–Kier alpha value is -0.130. The van der Waals surface area contributed by atoms with Crippen molar-refractivity contribution in [2.75, 3.05) is 13.7 Å². The predicted molar refractivity (Wildman–Crippen MR) is 45.9 cm³/mol. The molecule has 4 nitrogen and oxygen atoms in total. The van der Waals surface area contributed by atoms with Crippen molar-refractivity contribution >= 4 is 10.3 Å². The van der Waals surface area contributed by atoms with E-state index in [2.05, 4.69) is 4.18 Å². The lowest BCUT2D eigenvalue weighted by molar-refractivity contribution is 0.113. The van der Waals surface area contributed by atoms with Crippen LogP contribution in [0.4, 0.5) is 0 Å². The molecule has 1 atom stereocenters. The van der Waals surface area contributed by atoms with E-state index in [4.69, 9.17) is 0 Å². The second kappa shape index (κ2) is 2.97. The molecule has 0 bridgehead atoms. The zero-order chi connectivity index (χ0) is 9.41. The first kappa shape index (κ1) is 9.95. The fraction of sp³-hybridized carbons (Fsp3) is 1.00. The van der Waals surface area contributed by atoms with Crippen LogP contribution in [0.25, 0.3) is 0 Å². The Balaban J connectivity index is 2.95. The Morgan fingerprint density at radius 3 is 2.58 bits per heavy atom. The van der Waals surface area contributed by atoms with Crippen LogP contribution >= 0.6 is 0 Å². The molecule has 0 radical (unpaired) electrons. The Kier molecular flexibility index (Phi) is 2.47. The molecule has 72 valence electrons. The van der Waals surface area contributed by atoms with Crippen LogP contribution in [0.5, 0.6) is 0 Å². The number of hydrogen-bond donors (Lipinski definition) is 0. The molecular weight excluding hydrogens is 178 g/mol. The number of rotatable bonds is 1. The van der Waals surface area contributed by atoms with Crippen LogP contribution in [0.1, 0.15) is 26.7 Å². The lowest BCUT2D eigenvalue weighted by Gasteiger charge is -2.40. The molecule has 0 spiro atoms. The van der Waals surface area contributed by atoms with Crippen molar-refractivity contribution in [1.29, 1.82) is 0 Å². The third-order valence-electron chi connectivity index (χ3n) is 2.73. The summed E-state index contributed by atoms with van der Waals surface area (Å²) in [4.78, 5) is 0. The second-order valence-corrected chi connectivity index (χ2v) is 4.99. The van der Waals surface area contributed by atoms with Crippen LogP contribution in [0.2, 0.25) is 0 Å². The van der Waals surface area contributed by atoms with Crippen LogP contribution in [-0.2, 0) is 14.5 Å². The highest BCUT2D eigenvalue weighted by atomic mass is 32.2. The van der Waals surface area contributed by atoms with Crippen LogP contribution in [0.3, 0.4) is 0 Å². The van der Waals surface area contributed by atoms with Gasteiger partial charge in [0.15, 0.2) is 0 Å². The molecule has 0 N–H and O–H groups in total. The summed E-state index contributed by atoms with van der Waals surface area (Å²) in [5.74, 6) is 0. The Labute approximate surface area is 73.8 Å². The van der Waals surface area contributed by atoms with E-state index in [0.29, 0.717) is 6.61 Å². The van der Waals surface area contributed by atoms with Gasteiger partial charge in [-0.05, 0) is 19.8 Å². The number of nitrogens with zero attached hydrogens (tertiary/aromatic N) is 1. The van der Waals surface area contributed by atoms with Crippen molar-refractivity contribution in [1.82, 2.24) is 4.31 Å². The van der Waals surface area contributed by atoms with Gasteiger partial charge in [0.25, 0.3) is 0 Å². The van der Waals surface area contributed by atoms with Gasteiger partial charge in [-0.1, -0.05) is 6.92 Å². The maximum atomic E-state index is 11.3. The maximum Gasteiger partial charge on any atom is 0.338 e. The summed E-state index contributed by atoms with van der Waals surface area (Å²) in [6.07, 6.45) is 1.57. The molecule has 0 saturated carbocycles. The third-order valence-corrected chi connectivity index (χ3v) is 4.31. The van der Waals surface area contributed by atoms with E-state index in [-0.39, 0.29) is 5.54 Å². The van der Waals surface area contributed by atoms with Gasteiger partial charge in [0.05, 0.1) is 6.61 Å². The van der Waals surface area contributed by atoms with Crippen LogP contribution in [0, 0.1) is 0 Å². The Bertz CT molecular complexity index is 262. The molecule has 1 unspecified atom stereocenters. The lowest BCUT2D eigenvalue weighted by Crippen LogP contribution is -2.51. The van der Waals surface area contributed by atoms with Gasteiger partial charge in [0, 0.05) is 12.6 Å². The minimum Gasteiger partial charge on any atom is -0.258 e. The predicted octanol–water partition coefficient (Wildman–Crippen LogP) is 0.752. The first-order chi connectivity index (χ1) is 5.42. The standard InChI is InChI=1S/C7H15NO3S/c1-4-7(2)5-6-11-12(9,10)8(7)3/h4-6H2,1-3H3. The molecule has 0 aromatic rings. The summed E-state index contributed by atoms with van der Waals surface area (Å²) < 4.78 is 28.5. The van der Waals surface area contributed by atoms with Gasteiger partial charge in [-0.2, -0.15) is 12.7 Å². The van der Waals surface area contributed by atoms with E-state index in [1.807, 2.05) is 13.8 Å². The molecule has 0 aromatic carbocycles. The molecule has 1 rings (SSSR count). The monoisotopic (exact) mass is 193 g/mol. The van der Waals surface area contributed by atoms with Gasteiger partial charge in [0.1, 0.15) is 0 Å². The quantitative estimate of drug-likeness (QED) is 0.617. The summed E-state index contributed by atoms with van der Waals surface area (Å²) in [6.45, 7) is 4.22. The normalized spacial score (nSPS) is 36.6. The molecule has 5 heteroatoms. The minimum atomic E-state index is -3.45. The van der Waals surface area contributed by atoms with Gasteiger partial charge in [-0.15, -0.1) is 0 Å². The van der Waals surface area contributed by atoms with E-state index in [0.717, 1.165) is 12.8 Å². The van der Waals surface area contributed by atoms with Crippen LogP contribution in [-0.4, -0.2) is 31.9 Å². The van der Waals surface area contributed by atoms with Crippen molar-refractivity contribution in [3.8, 4) is 0 Å². The van der Waals surface area contributed by atoms with E-state index in [1.54, 1.807) is 7.05 Å². The highest BCUT2D eigenvalue weighted by Crippen LogP contribution is 2.29. The topological polar surface area (TPSA) is 46.6 Å². The molecule has 0 aromatic heterocycles. The molecule has 1 aliphatic heterocycles. The number of hydrogen-bond acceptors (Lipinski definition) is 3. The first-order valence-corrected chi connectivity index (χ1v) is 5.42. The SMILES string of the molecule is CCC1(C)CCOS(=O)(=O)N1C. The van der Waals surface area contributed by atoms with Crippen molar-refractivity contribution in [3.63, 3.8) is 0 Å². The Morgan fingerprint density at radius 1 is 1.58 bits per heavy atom. The van der Waals surface area contributed by atoms with Crippen LogP contribution < -0.4 is 0 Å². The molecular formula is C7H15NO3S. The fourth-order valence-corrected chi connectivity index (χ4v) is 2.48. The first-order valence-electron chi connectivity index (χ1n) is 4.06. The summed E-state index contributed by atoms with van der Waals surface area (Å²) >= 11 is 0. The molecule has 12 heavy (non-hydrogen) atoms. The molecule has 1 heterocycles. The summed E-state index contributed by atoms with van der Waals surface area (Å²) in [5, 5.41) is 0. The molecule has 0 aliphatic carbocycles. The maximum absolute atomic E-state index is 11.3. The lowest BCUT2D eigenvalue weighted by atomic mass is 9.95. The summed E-state index contributed by atoms with van der Waals surface area (Å²) in [5.41, 5.74) is -0.267. The van der Waals surface area contributed by atoms with Crippen LogP contribution in [0.15, 0.2) is 0 Å². The average molecular weight is 193 g/mol. The van der Waals surface area contributed by atoms with Crippen molar-refractivity contribution < 1.29 is 12.6 Å². The van der Waals surface area contributed by atoms with Gasteiger partial charge in [-0.3, -0.25) is 4.18 Å². The summed E-state index contributed by atoms with van der Waals surface area (Å²) in [7, 11) is -1.88. The van der Waals surface area contributed by atoms with E-state index in [9.17, 15) is 8.42 Å². The largest absolute Gasteiger partial charge is 0.338 e. The highest BCUT2D eigenvalue weighted by molar-refractivity contribution is 7.84. The zero-order valence-corrected chi connectivity index (χ0v) is 8.52. The summed E-state index contributed by atoms with van der Waals surface area (Å²) in [6, 6.07) is 0. The Morgan fingerprint density at radius 2 is 2.17 bits per heavy atom. The molecule has 1 saturated heterocycles. The molecule has 0 amide bonds. The van der Waals surface area contributed by atoms with E-state index >= 15 is 0 Å². The van der Waals surface area contributed by atoms with E-state index < -0.39 is 10.3 Å². The van der Waals surface area contributed by atoms with Gasteiger partial charge < -0.3 is 0 Å². The fourth-order valence-electron chi connectivity index (χ4n) is 1.27. The zero-order valence-electron chi connectivity index (χ0n) is 7.70. The van der Waals surface area contributed by atoms with Gasteiger partial charge in [-0.25, -0.2) is 0 Å². The third kappa shape index (κ3) is 1.48. The molecule has 1 fully saturated rings. The van der Waals surface area contributed by atoms with Gasteiger partial charge >= 0.3 is 10.3 Å². The average Bonchev–Trinajstić information content (AvgIpc) is 2.00. The smallest absolute Gasteiger partial charge is 0.258 e.